The maximum atomic E-state index is 13.5. The third kappa shape index (κ3) is 2.19. The van der Waals surface area contributed by atoms with Gasteiger partial charge in [0, 0.05) is 21.3 Å². The Balaban J connectivity index is 1.86. The van der Waals surface area contributed by atoms with Gasteiger partial charge in [0.25, 0.3) is 11.8 Å². The van der Waals surface area contributed by atoms with Crippen molar-refractivity contribution in [2.75, 3.05) is 17.3 Å². The number of hydrogen-bond acceptors (Lipinski definition) is 5. The van der Waals surface area contributed by atoms with Gasteiger partial charge in [-0.15, -0.1) is 0 Å². The van der Waals surface area contributed by atoms with Crippen LogP contribution in [-0.2, 0) is 24.7 Å². The molecule has 2 amide bonds. The van der Waals surface area contributed by atoms with Crippen LogP contribution < -0.4 is 15.0 Å². The fourth-order valence-corrected chi connectivity index (χ4v) is 4.68. The molecule has 3 aliphatic rings. The Bertz CT molecular complexity index is 1210. The molecule has 0 saturated carbocycles. The van der Waals surface area contributed by atoms with Crippen LogP contribution in [0.4, 0.5) is 11.4 Å². The summed E-state index contributed by atoms with van der Waals surface area (Å²) in [6.07, 6.45) is -0.872. The quantitative estimate of drug-likeness (QED) is 0.766. The molecule has 3 heterocycles. The summed E-state index contributed by atoms with van der Waals surface area (Å²) in [6.45, 7) is 1.54. The van der Waals surface area contributed by atoms with Gasteiger partial charge in [-0.1, -0.05) is 29.3 Å². The number of benzene rings is 2. The van der Waals surface area contributed by atoms with Gasteiger partial charge in [0.15, 0.2) is 17.4 Å². The second kappa shape index (κ2) is 6.23. The van der Waals surface area contributed by atoms with E-state index in [2.05, 4.69) is 5.32 Å². The molecular weight excluding hydrogens is 431 g/mol. The molecule has 1 N–H and O–H groups in total. The topological polar surface area (TPSA) is 84.9 Å². The highest BCUT2D eigenvalue weighted by molar-refractivity contribution is 6.34. The van der Waals surface area contributed by atoms with Crippen LogP contribution in [0.5, 0.6) is 5.75 Å². The normalized spacial score (nSPS) is 24.3. The minimum Gasteiger partial charge on any atom is -0.495 e. The largest absolute Gasteiger partial charge is 0.495 e. The summed E-state index contributed by atoms with van der Waals surface area (Å²) in [6, 6.07) is 9.50. The third-order valence-corrected chi connectivity index (χ3v) is 6.03. The Kier molecular flexibility index (Phi) is 3.94. The standard InChI is InChI=1S/C21H14Cl2N2O5/c1-9-17(26)16-18(30-9)19(27)25(14-8-11(23)4-6-15(14)29-2)21(16)12-5-3-10(22)7-13(12)24-20(21)28/h3-9H,1-2H3,(H,24,28). The fraction of sp³-hybridized carbons (Fsp3) is 0.190. The number of carbonyl (C=O) groups is 3. The summed E-state index contributed by atoms with van der Waals surface area (Å²) in [7, 11) is 1.44. The van der Waals surface area contributed by atoms with Crippen molar-refractivity contribution < 1.29 is 23.9 Å². The lowest BCUT2D eigenvalue weighted by Gasteiger charge is -2.36. The summed E-state index contributed by atoms with van der Waals surface area (Å²) in [5.74, 6) is -1.45. The van der Waals surface area contributed by atoms with E-state index in [1.165, 1.54) is 18.1 Å². The summed E-state index contributed by atoms with van der Waals surface area (Å²) < 4.78 is 11.0. The molecule has 0 radical (unpaired) electrons. The Labute approximate surface area is 181 Å². The molecule has 0 fully saturated rings. The van der Waals surface area contributed by atoms with E-state index in [-0.39, 0.29) is 17.0 Å². The molecule has 5 rings (SSSR count). The smallest absolute Gasteiger partial charge is 0.295 e. The van der Waals surface area contributed by atoms with Gasteiger partial charge in [-0.3, -0.25) is 19.3 Å². The molecule has 0 saturated heterocycles. The van der Waals surface area contributed by atoms with E-state index in [4.69, 9.17) is 32.7 Å². The summed E-state index contributed by atoms with van der Waals surface area (Å²) in [5, 5.41) is 3.49. The van der Waals surface area contributed by atoms with Crippen molar-refractivity contribution in [3.8, 4) is 5.75 Å². The number of anilines is 2. The van der Waals surface area contributed by atoms with Crippen molar-refractivity contribution in [1.82, 2.24) is 0 Å². The number of carbonyl (C=O) groups excluding carboxylic acids is 3. The number of nitrogens with zero attached hydrogens (tertiary/aromatic N) is 1. The molecule has 0 aliphatic carbocycles. The predicted molar refractivity (Wildman–Crippen MR) is 110 cm³/mol. The predicted octanol–water partition coefficient (Wildman–Crippen LogP) is 3.44. The third-order valence-electron chi connectivity index (χ3n) is 5.56. The molecule has 0 bridgehead atoms. The molecule has 7 nitrogen and oxygen atoms in total. The SMILES string of the molecule is COc1ccc(Cl)cc1N1C(=O)C2=C(C(=O)C(C)O2)C12C(=O)Nc1cc(Cl)ccc12. The van der Waals surface area contributed by atoms with Crippen LogP contribution in [0.1, 0.15) is 12.5 Å². The summed E-state index contributed by atoms with van der Waals surface area (Å²) in [4.78, 5) is 41.4. The molecule has 2 atom stereocenters. The first-order chi connectivity index (χ1) is 14.3. The highest BCUT2D eigenvalue weighted by Gasteiger charge is 2.67. The summed E-state index contributed by atoms with van der Waals surface area (Å²) in [5.41, 5.74) is -0.686. The molecular formula is C21H14Cl2N2O5. The molecule has 1 spiro atoms. The van der Waals surface area contributed by atoms with Crippen LogP contribution in [0, 0.1) is 0 Å². The number of methoxy groups -OCH3 is 1. The monoisotopic (exact) mass is 444 g/mol. The van der Waals surface area contributed by atoms with E-state index in [1.54, 1.807) is 37.3 Å². The number of nitrogens with one attached hydrogen (secondary N) is 1. The van der Waals surface area contributed by atoms with Gasteiger partial charge < -0.3 is 14.8 Å². The summed E-state index contributed by atoms with van der Waals surface area (Å²) >= 11 is 12.3. The lowest BCUT2D eigenvalue weighted by Crippen LogP contribution is -2.53. The number of hydrogen-bond donors (Lipinski definition) is 1. The molecule has 0 aromatic heterocycles. The average Bonchev–Trinajstić information content (AvgIpc) is 3.25. The first-order valence-corrected chi connectivity index (χ1v) is 9.81. The molecule has 2 aromatic rings. The van der Waals surface area contributed by atoms with E-state index >= 15 is 0 Å². The van der Waals surface area contributed by atoms with E-state index in [9.17, 15) is 14.4 Å². The average molecular weight is 445 g/mol. The molecule has 152 valence electrons. The maximum absolute atomic E-state index is 13.5. The molecule has 30 heavy (non-hydrogen) atoms. The van der Waals surface area contributed by atoms with Crippen molar-refractivity contribution in [3.05, 3.63) is 63.3 Å². The van der Waals surface area contributed by atoms with Gasteiger partial charge >= 0.3 is 0 Å². The molecule has 2 aromatic carbocycles. The number of fused-ring (bicyclic) bond motifs is 3. The van der Waals surface area contributed by atoms with E-state index in [0.29, 0.717) is 27.0 Å². The van der Waals surface area contributed by atoms with Gasteiger partial charge in [0.05, 0.1) is 18.4 Å². The lowest BCUT2D eigenvalue weighted by molar-refractivity contribution is -0.128. The van der Waals surface area contributed by atoms with Crippen molar-refractivity contribution in [2.45, 2.75) is 18.6 Å². The first kappa shape index (κ1) is 19.0. The number of halogens is 2. The maximum Gasteiger partial charge on any atom is 0.295 e. The molecule has 2 unspecified atom stereocenters. The minimum absolute atomic E-state index is 0.000557. The van der Waals surface area contributed by atoms with Crippen LogP contribution in [0.3, 0.4) is 0 Å². The Morgan fingerprint density at radius 1 is 1.10 bits per heavy atom. The highest BCUT2D eigenvalue weighted by Crippen LogP contribution is 2.56. The van der Waals surface area contributed by atoms with Crippen LogP contribution in [-0.4, -0.2) is 30.8 Å². The van der Waals surface area contributed by atoms with Gasteiger partial charge in [0.1, 0.15) is 5.75 Å². The van der Waals surface area contributed by atoms with Crippen LogP contribution in [0.15, 0.2) is 47.7 Å². The van der Waals surface area contributed by atoms with Gasteiger partial charge in [-0.25, -0.2) is 0 Å². The van der Waals surface area contributed by atoms with E-state index < -0.39 is 29.2 Å². The second-order valence-corrected chi connectivity index (χ2v) is 8.01. The number of amides is 2. The lowest BCUT2D eigenvalue weighted by atomic mass is 9.81. The highest BCUT2D eigenvalue weighted by atomic mass is 35.5. The van der Waals surface area contributed by atoms with Crippen molar-refractivity contribution in [2.24, 2.45) is 0 Å². The fourth-order valence-electron chi connectivity index (χ4n) is 4.34. The van der Waals surface area contributed by atoms with Crippen molar-refractivity contribution in [1.29, 1.82) is 0 Å². The van der Waals surface area contributed by atoms with E-state index in [0.717, 1.165) is 0 Å². The number of ether oxygens (including phenoxy) is 2. The number of Topliss-reactive ketones (excluding diaryl/α,β-unsaturated/α-hetero) is 1. The van der Waals surface area contributed by atoms with E-state index in [1.807, 2.05) is 0 Å². The Morgan fingerprint density at radius 3 is 2.53 bits per heavy atom. The zero-order chi connectivity index (χ0) is 21.4. The zero-order valence-electron chi connectivity index (χ0n) is 15.8. The minimum atomic E-state index is -1.76. The second-order valence-electron chi connectivity index (χ2n) is 7.14. The number of rotatable bonds is 2. The zero-order valence-corrected chi connectivity index (χ0v) is 17.3. The van der Waals surface area contributed by atoms with Crippen molar-refractivity contribution >= 4 is 52.2 Å². The number of ketones is 1. The van der Waals surface area contributed by atoms with Crippen LogP contribution >= 0.6 is 23.2 Å². The van der Waals surface area contributed by atoms with Gasteiger partial charge in [-0.2, -0.15) is 0 Å². The molecule has 3 aliphatic heterocycles. The van der Waals surface area contributed by atoms with Gasteiger partial charge in [0.2, 0.25) is 5.78 Å². The van der Waals surface area contributed by atoms with Crippen LogP contribution in [0.25, 0.3) is 0 Å². The Morgan fingerprint density at radius 2 is 1.80 bits per heavy atom. The van der Waals surface area contributed by atoms with Gasteiger partial charge in [-0.05, 0) is 37.3 Å². The first-order valence-electron chi connectivity index (χ1n) is 9.06. The molecule has 9 heteroatoms. The van der Waals surface area contributed by atoms with Crippen molar-refractivity contribution in [3.63, 3.8) is 0 Å². The Hall–Kier alpha value is -3.03. The van der Waals surface area contributed by atoms with Crippen LogP contribution in [0.2, 0.25) is 10.0 Å².